The van der Waals surface area contributed by atoms with Crippen molar-refractivity contribution in [1.29, 1.82) is 0 Å². The summed E-state index contributed by atoms with van der Waals surface area (Å²) in [6.07, 6.45) is -4.42. The predicted octanol–water partition coefficient (Wildman–Crippen LogP) is 4.52. The minimum Gasteiger partial charge on any atom is -0.497 e. The molecule has 0 unspecified atom stereocenters. The van der Waals surface area contributed by atoms with Gasteiger partial charge < -0.3 is 4.74 Å². The summed E-state index contributed by atoms with van der Waals surface area (Å²) in [5.41, 5.74) is -0.149. The highest BCUT2D eigenvalue weighted by atomic mass is 19.4. The van der Waals surface area contributed by atoms with Crippen molar-refractivity contribution in [2.75, 3.05) is 7.11 Å². The smallest absolute Gasteiger partial charge is 0.416 e. The molecule has 0 atom stereocenters. The van der Waals surface area contributed by atoms with Crippen LogP contribution < -0.4 is 4.74 Å². The first kappa shape index (κ1) is 13.4. The number of rotatable bonds is 2. The fraction of sp³-hybridized carbons (Fsp3) is 0.143. The first-order valence-corrected chi connectivity index (χ1v) is 5.42. The van der Waals surface area contributed by atoms with Crippen LogP contribution in [0, 0.1) is 5.82 Å². The minimum absolute atomic E-state index is 0.257. The Hall–Kier alpha value is -2.04. The van der Waals surface area contributed by atoms with E-state index in [1.54, 1.807) is 0 Å². The van der Waals surface area contributed by atoms with Gasteiger partial charge in [-0.2, -0.15) is 13.2 Å². The third kappa shape index (κ3) is 3.05. The molecule has 0 amide bonds. The van der Waals surface area contributed by atoms with Gasteiger partial charge in [0, 0.05) is 6.07 Å². The second kappa shape index (κ2) is 4.91. The summed E-state index contributed by atoms with van der Waals surface area (Å²) in [4.78, 5) is 0. The molecule has 5 heteroatoms. The second-order valence-electron chi connectivity index (χ2n) is 3.96. The number of halogens is 4. The monoisotopic (exact) mass is 270 g/mol. The zero-order chi connectivity index (χ0) is 14.0. The largest absolute Gasteiger partial charge is 0.497 e. The van der Waals surface area contributed by atoms with Crippen molar-refractivity contribution in [2.24, 2.45) is 0 Å². The third-order valence-corrected chi connectivity index (χ3v) is 2.63. The molecular weight excluding hydrogens is 260 g/mol. The Kier molecular flexibility index (Phi) is 3.46. The Morgan fingerprint density at radius 2 is 1.68 bits per heavy atom. The Balaban J connectivity index is 2.50. The van der Waals surface area contributed by atoms with Crippen LogP contribution >= 0.6 is 0 Å². The summed E-state index contributed by atoms with van der Waals surface area (Å²) in [6, 6.07) is 8.54. The lowest BCUT2D eigenvalue weighted by Gasteiger charge is -2.10. The maximum absolute atomic E-state index is 13.3. The van der Waals surface area contributed by atoms with Crippen LogP contribution in [0.5, 0.6) is 5.75 Å². The van der Waals surface area contributed by atoms with E-state index < -0.39 is 17.6 Å². The van der Waals surface area contributed by atoms with Gasteiger partial charge in [0.1, 0.15) is 11.6 Å². The molecule has 0 spiro atoms. The van der Waals surface area contributed by atoms with Crippen LogP contribution in [0.2, 0.25) is 0 Å². The van der Waals surface area contributed by atoms with Crippen molar-refractivity contribution in [3.63, 3.8) is 0 Å². The normalized spacial score (nSPS) is 11.4. The van der Waals surface area contributed by atoms with Crippen molar-refractivity contribution in [3.8, 4) is 16.9 Å². The van der Waals surface area contributed by atoms with Crippen LogP contribution in [0.4, 0.5) is 17.6 Å². The van der Waals surface area contributed by atoms with Crippen molar-refractivity contribution in [2.45, 2.75) is 6.18 Å². The highest BCUT2D eigenvalue weighted by Gasteiger charge is 2.30. The molecule has 0 saturated carbocycles. The molecule has 0 aliphatic carbocycles. The molecule has 100 valence electrons. The quantitative estimate of drug-likeness (QED) is 0.729. The van der Waals surface area contributed by atoms with Gasteiger partial charge in [-0.1, -0.05) is 12.1 Å². The van der Waals surface area contributed by atoms with E-state index in [0.717, 1.165) is 24.3 Å². The summed E-state index contributed by atoms with van der Waals surface area (Å²) in [5, 5.41) is 0. The Morgan fingerprint density at radius 3 is 2.32 bits per heavy atom. The van der Waals surface area contributed by atoms with Crippen LogP contribution in [0.1, 0.15) is 5.56 Å². The number of benzene rings is 2. The minimum atomic E-state index is -4.42. The highest BCUT2D eigenvalue weighted by molar-refractivity contribution is 5.66. The lowest BCUT2D eigenvalue weighted by atomic mass is 10.0. The molecule has 0 radical (unpaired) electrons. The van der Waals surface area contributed by atoms with Gasteiger partial charge in [-0.05, 0) is 35.4 Å². The van der Waals surface area contributed by atoms with Gasteiger partial charge in [0.25, 0.3) is 0 Å². The molecule has 1 nitrogen and oxygen atoms in total. The summed E-state index contributed by atoms with van der Waals surface area (Å²) in [5.74, 6) is -0.306. The Bertz CT molecular complexity index is 590. The average molecular weight is 270 g/mol. The number of hydrogen-bond donors (Lipinski definition) is 0. The van der Waals surface area contributed by atoms with Crippen LogP contribution in [-0.4, -0.2) is 7.11 Å². The molecule has 2 aromatic carbocycles. The average Bonchev–Trinajstić information content (AvgIpc) is 2.37. The molecular formula is C14H10F4O. The lowest BCUT2D eigenvalue weighted by molar-refractivity contribution is -0.137. The summed E-state index contributed by atoms with van der Waals surface area (Å²) >= 11 is 0. The van der Waals surface area contributed by atoms with Crippen molar-refractivity contribution in [3.05, 3.63) is 53.8 Å². The number of alkyl halides is 3. The highest BCUT2D eigenvalue weighted by Crippen LogP contribution is 2.33. The molecule has 0 aromatic heterocycles. The van der Waals surface area contributed by atoms with Crippen LogP contribution in [0.3, 0.4) is 0 Å². The Labute approximate surface area is 107 Å². The zero-order valence-electron chi connectivity index (χ0n) is 9.96. The topological polar surface area (TPSA) is 9.23 Å². The molecule has 2 rings (SSSR count). The van der Waals surface area contributed by atoms with E-state index in [1.807, 2.05) is 0 Å². The van der Waals surface area contributed by atoms with E-state index in [-0.39, 0.29) is 11.3 Å². The van der Waals surface area contributed by atoms with Crippen molar-refractivity contribution < 1.29 is 22.3 Å². The predicted molar refractivity (Wildman–Crippen MR) is 63.4 cm³/mol. The van der Waals surface area contributed by atoms with E-state index in [0.29, 0.717) is 5.56 Å². The van der Waals surface area contributed by atoms with Gasteiger partial charge in [-0.15, -0.1) is 0 Å². The fourth-order valence-electron chi connectivity index (χ4n) is 1.72. The van der Waals surface area contributed by atoms with E-state index >= 15 is 0 Å². The molecule has 0 saturated heterocycles. The number of ether oxygens (including phenoxy) is 1. The summed E-state index contributed by atoms with van der Waals surface area (Å²) in [6.45, 7) is 0. The van der Waals surface area contributed by atoms with E-state index in [1.165, 1.54) is 25.3 Å². The molecule has 0 heterocycles. The van der Waals surface area contributed by atoms with Crippen molar-refractivity contribution in [1.82, 2.24) is 0 Å². The maximum atomic E-state index is 13.3. The molecule has 0 aliphatic heterocycles. The van der Waals surface area contributed by atoms with Gasteiger partial charge in [0.15, 0.2) is 0 Å². The molecule has 0 N–H and O–H groups in total. The van der Waals surface area contributed by atoms with Gasteiger partial charge in [-0.3, -0.25) is 0 Å². The van der Waals surface area contributed by atoms with Gasteiger partial charge in [-0.25, -0.2) is 4.39 Å². The Morgan fingerprint density at radius 1 is 0.947 bits per heavy atom. The van der Waals surface area contributed by atoms with E-state index in [2.05, 4.69) is 0 Å². The fourth-order valence-corrected chi connectivity index (χ4v) is 1.72. The zero-order valence-corrected chi connectivity index (χ0v) is 9.96. The summed E-state index contributed by atoms with van der Waals surface area (Å²) < 4.78 is 56.1. The second-order valence-corrected chi connectivity index (χ2v) is 3.96. The van der Waals surface area contributed by atoms with Crippen LogP contribution in [0.25, 0.3) is 11.1 Å². The standard InChI is InChI=1S/C14H10F4O/c1-19-13-7-10(6-12(15)8-13)9-3-2-4-11(5-9)14(16,17)18/h2-8H,1H3. The van der Waals surface area contributed by atoms with Gasteiger partial charge >= 0.3 is 6.18 Å². The maximum Gasteiger partial charge on any atom is 0.416 e. The van der Waals surface area contributed by atoms with E-state index in [9.17, 15) is 17.6 Å². The first-order valence-electron chi connectivity index (χ1n) is 5.42. The van der Waals surface area contributed by atoms with Crippen molar-refractivity contribution >= 4 is 0 Å². The molecule has 0 aliphatic rings. The lowest BCUT2D eigenvalue weighted by Crippen LogP contribution is -2.04. The molecule has 2 aromatic rings. The summed E-state index contributed by atoms with van der Waals surface area (Å²) in [7, 11) is 1.37. The van der Waals surface area contributed by atoms with Crippen LogP contribution in [0.15, 0.2) is 42.5 Å². The molecule has 0 fully saturated rings. The van der Waals surface area contributed by atoms with Gasteiger partial charge in [0.05, 0.1) is 12.7 Å². The SMILES string of the molecule is COc1cc(F)cc(-c2cccc(C(F)(F)F)c2)c1. The van der Waals surface area contributed by atoms with E-state index in [4.69, 9.17) is 4.74 Å². The first-order chi connectivity index (χ1) is 8.90. The number of methoxy groups -OCH3 is 1. The molecule has 0 bridgehead atoms. The van der Waals surface area contributed by atoms with Crippen LogP contribution in [-0.2, 0) is 6.18 Å². The third-order valence-electron chi connectivity index (χ3n) is 2.63. The van der Waals surface area contributed by atoms with Gasteiger partial charge in [0.2, 0.25) is 0 Å². The molecule has 19 heavy (non-hydrogen) atoms. The number of hydrogen-bond acceptors (Lipinski definition) is 1.